The van der Waals surface area contributed by atoms with Gasteiger partial charge in [-0.25, -0.2) is 0 Å². The quantitative estimate of drug-likeness (QED) is 0.649. The van der Waals surface area contributed by atoms with E-state index in [4.69, 9.17) is 9.39 Å². The Hall–Kier alpha value is -0.795. The Morgan fingerprint density at radius 3 is 2.69 bits per heavy atom. The van der Waals surface area contributed by atoms with Crippen molar-refractivity contribution in [3.63, 3.8) is 0 Å². The zero-order chi connectivity index (χ0) is 9.68. The van der Waals surface area contributed by atoms with Crippen molar-refractivity contribution in [1.29, 1.82) is 0 Å². The van der Waals surface area contributed by atoms with E-state index in [1.165, 1.54) is 11.1 Å². The fraction of sp³-hybridized carbons (Fsp3) is 0.400. The molecule has 1 unspecified atom stereocenters. The number of ether oxygens (including phenoxy) is 1. The first kappa shape index (κ1) is 10.3. The molecular formula is C10H15BO2. The first-order valence-electron chi connectivity index (χ1n) is 4.39. The standard InChI is InChI=1S/C10H15BO2/c1-8(12-2)10-6-4-3-5-9(10)7-13-11/h3-6,8H,7,11H2,1-2H3. The molecule has 0 spiro atoms. The molecule has 0 aromatic heterocycles. The Bertz CT molecular complexity index is 263. The van der Waals surface area contributed by atoms with Crippen molar-refractivity contribution in [2.45, 2.75) is 19.6 Å². The van der Waals surface area contributed by atoms with Gasteiger partial charge in [-0.2, -0.15) is 0 Å². The summed E-state index contributed by atoms with van der Waals surface area (Å²) in [5.41, 5.74) is 2.39. The molecule has 0 aliphatic rings. The fourth-order valence-electron chi connectivity index (χ4n) is 1.34. The van der Waals surface area contributed by atoms with E-state index >= 15 is 0 Å². The highest BCUT2D eigenvalue weighted by atomic mass is 16.5. The van der Waals surface area contributed by atoms with Gasteiger partial charge in [-0.05, 0) is 18.1 Å². The molecule has 1 rings (SSSR count). The van der Waals surface area contributed by atoms with Crippen molar-refractivity contribution < 1.29 is 9.39 Å². The highest BCUT2D eigenvalue weighted by Crippen LogP contribution is 2.20. The first-order chi connectivity index (χ1) is 6.29. The summed E-state index contributed by atoms with van der Waals surface area (Å²) in [6.07, 6.45) is 0.131. The molecule has 13 heavy (non-hydrogen) atoms. The minimum Gasteiger partial charge on any atom is -0.440 e. The third-order valence-corrected chi connectivity index (χ3v) is 2.15. The molecule has 0 bridgehead atoms. The molecule has 0 radical (unpaired) electrons. The molecule has 1 atom stereocenters. The van der Waals surface area contributed by atoms with E-state index in [1.54, 1.807) is 15.2 Å². The Morgan fingerprint density at radius 2 is 2.08 bits per heavy atom. The maximum atomic E-state index is 5.27. The van der Waals surface area contributed by atoms with Crippen LogP contribution in [0.25, 0.3) is 0 Å². The first-order valence-corrected chi connectivity index (χ1v) is 4.39. The van der Waals surface area contributed by atoms with Crippen molar-refractivity contribution in [2.24, 2.45) is 0 Å². The molecule has 0 N–H and O–H groups in total. The van der Waals surface area contributed by atoms with Crippen molar-refractivity contribution in [1.82, 2.24) is 0 Å². The second-order valence-electron chi connectivity index (χ2n) is 3.01. The number of rotatable bonds is 4. The topological polar surface area (TPSA) is 18.5 Å². The second kappa shape index (κ2) is 5.05. The molecule has 3 heteroatoms. The van der Waals surface area contributed by atoms with Crippen LogP contribution >= 0.6 is 0 Å². The van der Waals surface area contributed by atoms with Gasteiger partial charge >= 0.3 is 0 Å². The van der Waals surface area contributed by atoms with Crippen LogP contribution in [0.2, 0.25) is 0 Å². The van der Waals surface area contributed by atoms with Gasteiger partial charge in [0.15, 0.2) is 0 Å². The number of hydrogen-bond donors (Lipinski definition) is 0. The van der Waals surface area contributed by atoms with Crippen molar-refractivity contribution in [2.75, 3.05) is 7.11 Å². The van der Waals surface area contributed by atoms with E-state index in [0.29, 0.717) is 6.61 Å². The summed E-state index contributed by atoms with van der Waals surface area (Å²) in [4.78, 5) is 0. The number of hydrogen-bond acceptors (Lipinski definition) is 2. The number of benzene rings is 1. The minimum atomic E-state index is 0.131. The summed E-state index contributed by atoms with van der Waals surface area (Å²) >= 11 is 0. The van der Waals surface area contributed by atoms with E-state index in [2.05, 4.69) is 12.1 Å². The fourth-order valence-corrected chi connectivity index (χ4v) is 1.34. The Labute approximate surface area is 80.3 Å². The highest BCUT2D eigenvalue weighted by molar-refractivity contribution is 5.97. The summed E-state index contributed by atoms with van der Waals surface area (Å²) in [5, 5.41) is 0. The lowest BCUT2D eigenvalue weighted by Crippen LogP contribution is -2.02. The number of methoxy groups -OCH3 is 1. The largest absolute Gasteiger partial charge is 0.440 e. The molecule has 0 saturated heterocycles. The average molecular weight is 178 g/mol. The summed E-state index contributed by atoms with van der Waals surface area (Å²) in [6.45, 7) is 2.68. The predicted molar refractivity (Wildman–Crippen MR) is 55.2 cm³/mol. The van der Waals surface area contributed by atoms with Gasteiger partial charge < -0.3 is 9.39 Å². The lowest BCUT2D eigenvalue weighted by molar-refractivity contribution is 0.117. The van der Waals surface area contributed by atoms with E-state index in [0.717, 1.165) is 0 Å². The lowest BCUT2D eigenvalue weighted by atomic mass is 10.0. The zero-order valence-electron chi connectivity index (χ0n) is 8.41. The minimum absolute atomic E-state index is 0.131. The third-order valence-electron chi connectivity index (χ3n) is 2.15. The molecule has 70 valence electrons. The maximum Gasteiger partial charge on any atom is 0.257 e. The predicted octanol–water partition coefficient (Wildman–Crippen LogP) is 1.46. The van der Waals surface area contributed by atoms with Crippen LogP contribution < -0.4 is 0 Å². The normalized spacial score (nSPS) is 12.8. The molecular weight excluding hydrogens is 163 g/mol. The van der Waals surface area contributed by atoms with E-state index in [1.807, 2.05) is 19.1 Å². The summed E-state index contributed by atoms with van der Waals surface area (Å²) in [6, 6.07) is 8.17. The van der Waals surface area contributed by atoms with Crippen LogP contribution in [0.5, 0.6) is 0 Å². The SMILES string of the molecule is BOCc1ccccc1C(C)OC. The van der Waals surface area contributed by atoms with Crippen LogP contribution in [0.1, 0.15) is 24.2 Å². The highest BCUT2D eigenvalue weighted by Gasteiger charge is 2.07. The smallest absolute Gasteiger partial charge is 0.257 e. The average Bonchev–Trinajstić information content (AvgIpc) is 2.18. The molecule has 2 nitrogen and oxygen atoms in total. The van der Waals surface area contributed by atoms with Gasteiger partial charge in [-0.3, -0.25) is 0 Å². The van der Waals surface area contributed by atoms with E-state index in [-0.39, 0.29) is 6.10 Å². The lowest BCUT2D eigenvalue weighted by Gasteiger charge is -2.14. The van der Waals surface area contributed by atoms with Crippen molar-refractivity contribution in [3.8, 4) is 0 Å². The van der Waals surface area contributed by atoms with Crippen LogP contribution in [0, 0.1) is 0 Å². The summed E-state index contributed by atoms with van der Waals surface area (Å²) in [7, 11) is 3.42. The maximum absolute atomic E-state index is 5.27. The second-order valence-corrected chi connectivity index (χ2v) is 3.01. The third kappa shape index (κ3) is 2.57. The van der Waals surface area contributed by atoms with Crippen molar-refractivity contribution in [3.05, 3.63) is 35.4 Å². The molecule has 0 aliphatic carbocycles. The van der Waals surface area contributed by atoms with Crippen LogP contribution in [0.15, 0.2) is 24.3 Å². The Kier molecular flexibility index (Phi) is 3.99. The van der Waals surface area contributed by atoms with Crippen LogP contribution in [0.3, 0.4) is 0 Å². The molecule has 0 amide bonds. The molecule has 0 heterocycles. The Morgan fingerprint density at radius 1 is 1.38 bits per heavy atom. The van der Waals surface area contributed by atoms with Gasteiger partial charge in [-0.15, -0.1) is 0 Å². The summed E-state index contributed by atoms with van der Waals surface area (Å²) < 4.78 is 10.4. The molecule has 0 aliphatic heterocycles. The van der Waals surface area contributed by atoms with E-state index < -0.39 is 0 Å². The molecule has 0 fully saturated rings. The van der Waals surface area contributed by atoms with Gasteiger partial charge in [-0.1, -0.05) is 24.3 Å². The molecule has 1 aromatic rings. The van der Waals surface area contributed by atoms with E-state index in [9.17, 15) is 0 Å². The van der Waals surface area contributed by atoms with Gasteiger partial charge in [0, 0.05) is 7.11 Å². The summed E-state index contributed by atoms with van der Waals surface area (Å²) in [5.74, 6) is 0. The van der Waals surface area contributed by atoms with Gasteiger partial charge in [0.2, 0.25) is 0 Å². The van der Waals surface area contributed by atoms with Gasteiger partial charge in [0.25, 0.3) is 8.05 Å². The van der Waals surface area contributed by atoms with Crippen molar-refractivity contribution >= 4 is 8.05 Å². The zero-order valence-corrected chi connectivity index (χ0v) is 8.41. The Balaban J connectivity index is 2.90. The van der Waals surface area contributed by atoms with Gasteiger partial charge in [0.1, 0.15) is 0 Å². The van der Waals surface area contributed by atoms with Crippen LogP contribution in [-0.4, -0.2) is 15.2 Å². The monoisotopic (exact) mass is 178 g/mol. The molecule has 0 saturated carbocycles. The molecule has 1 aromatic carbocycles. The van der Waals surface area contributed by atoms with Crippen LogP contribution in [0.4, 0.5) is 0 Å². The van der Waals surface area contributed by atoms with Crippen LogP contribution in [-0.2, 0) is 16.0 Å². The van der Waals surface area contributed by atoms with Gasteiger partial charge in [0.05, 0.1) is 12.7 Å².